The highest BCUT2D eigenvalue weighted by Gasteiger charge is 2.10. The minimum Gasteiger partial charge on any atom is -0.254 e. The Morgan fingerprint density at radius 1 is 1.06 bits per heavy atom. The molecule has 2 rings (SSSR count). The second kappa shape index (κ2) is 5.98. The lowest BCUT2D eigenvalue weighted by atomic mass is 10.1. The average molecular weight is 277 g/mol. The van der Waals surface area contributed by atoms with Crippen LogP contribution in [-0.4, -0.2) is 9.96 Å². The first-order valence-electron chi connectivity index (χ1n) is 5.54. The van der Waals surface area contributed by atoms with Gasteiger partial charge in [-0.25, -0.2) is 0 Å². The first-order chi connectivity index (χ1) is 8.68. The molecule has 2 aromatic rings. The zero-order chi connectivity index (χ0) is 13.0. The van der Waals surface area contributed by atoms with Crippen molar-refractivity contribution in [3.8, 4) is 0 Å². The largest absolute Gasteiger partial charge is 0.254 e. The predicted molar refractivity (Wildman–Crippen MR) is 78.2 cm³/mol. The lowest BCUT2D eigenvalue weighted by molar-refractivity contribution is 0.685. The maximum atomic E-state index is 12.2. The van der Waals surface area contributed by atoms with Crippen molar-refractivity contribution in [3.05, 3.63) is 71.8 Å². The minimum absolute atomic E-state index is 0.397. The molecular weight excluding hydrogens is 264 g/mol. The van der Waals surface area contributed by atoms with Crippen molar-refractivity contribution < 1.29 is 4.21 Å². The van der Waals surface area contributed by atoms with E-state index in [-0.39, 0.29) is 0 Å². The van der Waals surface area contributed by atoms with E-state index in [9.17, 15) is 4.21 Å². The van der Waals surface area contributed by atoms with E-state index in [1.807, 2.05) is 42.5 Å². The molecule has 0 aliphatic carbocycles. The average Bonchev–Trinajstić information content (AvgIpc) is 2.40. The highest BCUT2D eigenvalue weighted by molar-refractivity contribution is 7.85. The molecule has 0 aliphatic rings. The van der Waals surface area contributed by atoms with Crippen LogP contribution in [0.5, 0.6) is 0 Å². The van der Waals surface area contributed by atoms with Gasteiger partial charge in [-0.15, -0.1) is 0 Å². The van der Waals surface area contributed by atoms with Gasteiger partial charge in [0.05, 0.1) is 26.5 Å². The van der Waals surface area contributed by atoms with Crippen LogP contribution in [0, 0.1) is 0 Å². The van der Waals surface area contributed by atoms with Crippen LogP contribution in [0.2, 0.25) is 5.02 Å². The van der Waals surface area contributed by atoms with Crippen LogP contribution in [-0.2, 0) is 10.8 Å². The van der Waals surface area contributed by atoms with Gasteiger partial charge in [0.1, 0.15) is 0 Å². The van der Waals surface area contributed by atoms with Gasteiger partial charge >= 0.3 is 0 Å². The molecule has 0 N–H and O–H groups in total. The molecule has 0 aliphatic heterocycles. The Morgan fingerprint density at radius 2 is 1.67 bits per heavy atom. The molecule has 2 aromatic carbocycles. The maximum Gasteiger partial charge on any atom is 0.0589 e. The molecule has 3 heteroatoms. The summed E-state index contributed by atoms with van der Waals surface area (Å²) in [6.07, 6.45) is 0. The topological polar surface area (TPSA) is 17.1 Å². The second-order valence-electron chi connectivity index (χ2n) is 3.89. The Hall–Kier alpha value is -1.38. The fourth-order valence-corrected chi connectivity index (χ4v) is 3.17. The number of hydrogen-bond acceptors (Lipinski definition) is 1. The van der Waals surface area contributed by atoms with Crippen LogP contribution in [0.3, 0.4) is 0 Å². The van der Waals surface area contributed by atoms with Gasteiger partial charge in [0.25, 0.3) is 0 Å². The monoisotopic (exact) mass is 276 g/mol. The van der Waals surface area contributed by atoms with E-state index in [1.165, 1.54) is 0 Å². The van der Waals surface area contributed by atoms with Gasteiger partial charge in [0.15, 0.2) is 0 Å². The van der Waals surface area contributed by atoms with Crippen molar-refractivity contribution in [3.63, 3.8) is 0 Å². The lowest BCUT2D eigenvalue weighted by Crippen LogP contribution is -2.00. The van der Waals surface area contributed by atoms with Crippen LogP contribution in [0.4, 0.5) is 0 Å². The fourth-order valence-electron chi connectivity index (χ4n) is 1.62. The Bertz CT molecular complexity index is 578. The van der Waals surface area contributed by atoms with Gasteiger partial charge in [-0.1, -0.05) is 60.6 Å². The van der Waals surface area contributed by atoms with Crippen LogP contribution in [0.15, 0.2) is 66.1 Å². The Labute approximate surface area is 115 Å². The molecule has 18 heavy (non-hydrogen) atoms. The molecule has 0 heterocycles. The third-order valence-corrected chi connectivity index (χ3v) is 4.47. The summed E-state index contributed by atoms with van der Waals surface area (Å²) >= 11 is 6.03. The summed E-state index contributed by atoms with van der Waals surface area (Å²) in [5, 5.41) is 0.539. The van der Waals surface area contributed by atoms with Gasteiger partial charge in [-0.3, -0.25) is 4.21 Å². The van der Waals surface area contributed by atoms with Crippen molar-refractivity contribution in [2.45, 2.75) is 4.90 Å². The Morgan fingerprint density at radius 3 is 2.33 bits per heavy atom. The molecule has 0 aromatic heterocycles. The van der Waals surface area contributed by atoms with E-state index in [1.54, 1.807) is 12.1 Å². The number of benzene rings is 2. The van der Waals surface area contributed by atoms with Gasteiger partial charge in [-0.05, 0) is 23.3 Å². The summed E-state index contributed by atoms with van der Waals surface area (Å²) in [5.41, 5.74) is 1.87. The molecular formula is C15H13ClOS. The highest BCUT2D eigenvalue weighted by Crippen LogP contribution is 2.22. The summed E-state index contributed by atoms with van der Waals surface area (Å²) in [6, 6.07) is 17.0. The first-order valence-corrected chi connectivity index (χ1v) is 7.24. The van der Waals surface area contributed by atoms with Gasteiger partial charge < -0.3 is 0 Å². The molecule has 1 atom stereocenters. The number of hydrogen-bond donors (Lipinski definition) is 0. The molecule has 0 amide bonds. The van der Waals surface area contributed by atoms with Crippen molar-refractivity contribution in [1.82, 2.24) is 0 Å². The number of rotatable bonds is 4. The summed E-state index contributed by atoms with van der Waals surface area (Å²) < 4.78 is 12.2. The first kappa shape index (κ1) is 13.1. The molecule has 0 saturated carbocycles. The van der Waals surface area contributed by atoms with Gasteiger partial charge in [-0.2, -0.15) is 0 Å². The van der Waals surface area contributed by atoms with Crippen molar-refractivity contribution >= 4 is 28.0 Å². The molecule has 0 bridgehead atoms. The fraction of sp³-hybridized carbons (Fsp3) is 0.0667. The van der Waals surface area contributed by atoms with E-state index >= 15 is 0 Å². The van der Waals surface area contributed by atoms with Crippen molar-refractivity contribution in [1.29, 1.82) is 0 Å². The van der Waals surface area contributed by atoms with Gasteiger partial charge in [0, 0.05) is 0 Å². The van der Waals surface area contributed by atoms with Crippen molar-refractivity contribution in [2.24, 2.45) is 0 Å². The molecule has 1 unspecified atom stereocenters. The quantitative estimate of drug-likeness (QED) is 0.819. The van der Waals surface area contributed by atoms with Crippen LogP contribution in [0.1, 0.15) is 5.56 Å². The van der Waals surface area contributed by atoms with E-state index in [2.05, 4.69) is 6.58 Å². The van der Waals surface area contributed by atoms with Crippen molar-refractivity contribution in [2.75, 3.05) is 5.75 Å². The molecule has 0 fully saturated rings. The SMILES string of the molecule is C=C(CS(=O)c1ccccc1Cl)c1ccccc1. The summed E-state index contributed by atoms with van der Waals surface area (Å²) in [4.78, 5) is 0.663. The van der Waals surface area contributed by atoms with E-state index < -0.39 is 10.8 Å². The predicted octanol–water partition coefficient (Wildman–Crippen LogP) is 4.16. The third kappa shape index (κ3) is 3.09. The van der Waals surface area contributed by atoms with Crippen LogP contribution in [0.25, 0.3) is 5.57 Å². The van der Waals surface area contributed by atoms with Crippen LogP contribution >= 0.6 is 11.6 Å². The van der Waals surface area contributed by atoms with Crippen LogP contribution < -0.4 is 0 Å². The zero-order valence-corrected chi connectivity index (χ0v) is 11.4. The second-order valence-corrected chi connectivity index (χ2v) is 5.72. The third-order valence-electron chi connectivity index (χ3n) is 2.57. The molecule has 1 nitrogen and oxygen atoms in total. The smallest absolute Gasteiger partial charge is 0.0589 e. The summed E-state index contributed by atoms with van der Waals surface area (Å²) in [7, 11) is -1.16. The summed E-state index contributed by atoms with van der Waals surface area (Å²) in [6.45, 7) is 3.98. The molecule has 0 radical (unpaired) electrons. The maximum absolute atomic E-state index is 12.2. The zero-order valence-electron chi connectivity index (χ0n) is 9.80. The van der Waals surface area contributed by atoms with E-state index in [0.717, 1.165) is 11.1 Å². The Kier molecular flexibility index (Phi) is 4.34. The summed E-state index contributed by atoms with van der Waals surface area (Å²) in [5.74, 6) is 0.397. The minimum atomic E-state index is -1.16. The lowest BCUT2D eigenvalue weighted by Gasteiger charge is -2.07. The normalized spacial score (nSPS) is 12.1. The van der Waals surface area contributed by atoms with E-state index in [0.29, 0.717) is 15.7 Å². The molecule has 0 saturated heterocycles. The standard InChI is InChI=1S/C15H13ClOS/c1-12(13-7-3-2-4-8-13)11-18(17)15-10-6-5-9-14(15)16/h2-10H,1,11H2. The number of halogens is 1. The van der Waals surface area contributed by atoms with Gasteiger partial charge in [0.2, 0.25) is 0 Å². The highest BCUT2D eigenvalue weighted by atomic mass is 35.5. The molecule has 92 valence electrons. The molecule has 0 spiro atoms. The Balaban J connectivity index is 2.14. The van der Waals surface area contributed by atoms with E-state index in [4.69, 9.17) is 11.6 Å².